The minimum atomic E-state index is 0.888. The Morgan fingerprint density at radius 1 is 1.33 bits per heavy atom. The van der Waals surface area contributed by atoms with Crippen molar-refractivity contribution in [3.05, 3.63) is 12.2 Å². The van der Waals surface area contributed by atoms with Crippen LogP contribution in [0.3, 0.4) is 0 Å². The molecule has 0 saturated carbocycles. The van der Waals surface area contributed by atoms with E-state index in [2.05, 4.69) is 30.7 Å². The van der Waals surface area contributed by atoms with E-state index in [1.807, 2.05) is 6.92 Å². The van der Waals surface area contributed by atoms with E-state index in [-0.39, 0.29) is 0 Å². The van der Waals surface area contributed by atoms with Crippen LogP contribution >= 0.6 is 0 Å². The summed E-state index contributed by atoms with van der Waals surface area (Å²) in [5.74, 6) is 0.971. The molecule has 0 aromatic heterocycles. The van der Waals surface area contributed by atoms with Crippen LogP contribution in [0.15, 0.2) is 17.1 Å². The van der Waals surface area contributed by atoms with Gasteiger partial charge in [0.15, 0.2) is 0 Å². The molecule has 0 amide bonds. The Bertz CT molecular complexity index is 159. The fourth-order valence-corrected chi connectivity index (χ4v) is 0.809. The molecule has 0 unspecified atom stereocenters. The highest BCUT2D eigenvalue weighted by atomic mass is 15.0. The highest BCUT2D eigenvalue weighted by Gasteiger charge is 1.96. The van der Waals surface area contributed by atoms with Crippen LogP contribution in [0.1, 0.15) is 33.6 Å². The molecule has 0 radical (unpaired) electrons. The van der Waals surface area contributed by atoms with Gasteiger partial charge in [-0.25, -0.2) is 0 Å². The van der Waals surface area contributed by atoms with Crippen molar-refractivity contribution in [1.29, 1.82) is 0 Å². The summed E-state index contributed by atoms with van der Waals surface area (Å²) in [5.41, 5.74) is 1.02. The minimum absolute atomic E-state index is 0.888. The second-order valence-electron chi connectivity index (χ2n) is 2.94. The molecule has 2 nitrogen and oxygen atoms in total. The Kier molecular flexibility index (Phi) is 6.44. The van der Waals surface area contributed by atoms with Gasteiger partial charge in [-0.15, -0.1) is 0 Å². The zero-order valence-electron chi connectivity index (χ0n) is 8.48. The second-order valence-corrected chi connectivity index (χ2v) is 2.94. The lowest BCUT2D eigenvalue weighted by Crippen LogP contribution is -2.25. The highest BCUT2D eigenvalue weighted by Crippen LogP contribution is 1.91. The third-order valence-corrected chi connectivity index (χ3v) is 1.44. The van der Waals surface area contributed by atoms with Crippen molar-refractivity contribution in [1.82, 2.24) is 5.32 Å². The van der Waals surface area contributed by atoms with Crippen molar-refractivity contribution in [3.63, 3.8) is 0 Å². The van der Waals surface area contributed by atoms with E-state index in [0.717, 1.165) is 37.3 Å². The molecule has 0 aliphatic heterocycles. The van der Waals surface area contributed by atoms with E-state index in [1.54, 1.807) is 0 Å². The fourth-order valence-electron chi connectivity index (χ4n) is 0.809. The van der Waals surface area contributed by atoms with Gasteiger partial charge in [-0.2, -0.15) is 0 Å². The molecule has 0 aromatic rings. The molecule has 0 fully saturated rings. The van der Waals surface area contributed by atoms with Crippen LogP contribution in [0.2, 0.25) is 0 Å². The van der Waals surface area contributed by atoms with Crippen LogP contribution in [0, 0.1) is 0 Å². The van der Waals surface area contributed by atoms with Crippen LogP contribution in [0.25, 0.3) is 0 Å². The van der Waals surface area contributed by atoms with Gasteiger partial charge in [0.05, 0.1) is 0 Å². The molecule has 0 bridgehead atoms. The molecule has 0 heterocycles. The molecule has 12 heavy (non-hydrogen) atoms. The zero-order chi connectivity index (χ0) is 9.40. The van der Waals surface area contributed by atoms with E-state index in [4.69, 9.17) is 0 Å². The molecule has 0 aliphatic carbocycles. The second kappa shape index (κ2) is 6.89. The monoisotopic (exact) mass is 168 g/mol. The van der Waals surface area contributed by atoms with E-state index < -0.39 is 0 Å². The van der Waals surface area contributed by atoms with Crippen LogP contribution < -0.4 is 5.32 Å². The Morgan fingerprint density at radius 2 is 2.00 bits per heavy atom. The number of nitrogens with one attached hydrogen (secondary N) is 1. The summed E-state index contributed by atoms with van der Waals surface area (Å²) in [5, 5.41) is 3.25. The smallest absolute Gasteiger partial charge is 0.123 e. The van der Waals surface area contributed by atoms with E-state index in [0.29, 0.717) is 0 Å². The Hall–Kier alpha value is -0.790. The SMILES string of the molecule is C=C(C)C(=NCCC)NCCC. The van der Waals surface area contributed by atoms with Gasteiger partial charge in [-0.3, -0.25) is 4.99 Å². The zero-order valence-corrected chi connectivity index (χ0v) is 8.48. The van der Waals surface area contributed by atoms with Gasteiger partial charge in [-0.1, -0.05) is 20.4 Å². The molecule has 0 rings (SSSR count). The van der Waals surface area contributed by atoms with Crippen LogP contribution in [0.5, 0.6) is 0 Å². The van der Waals surface area contributed by atoms with E-state index >= 15 is 0 Å². The van der Waals surface area contributed by atoms with Crippen molar-refractivity contribution >= 4 is 5.84 Å². The molecular weight excluding hydrogens is 148 g/mol. The maximum absolute atomic E-state index is 4.39. The number of amidine groups is 1. The van der Waals surface area contributed by atoms with Crippen molar-refractivity contribution in [2.24, 2.45) is 4.99 Å². The molecular formula is C10H20N2. The minimum Gasteiger partial charge on any atom is -0.370 e. The Balaban J connectivity index is 3.94. The average Bonchev–Trinajstić information content (AvgIpc) is 2.04. The van der Waals surface area contributed by atoms with Crippen LogP contribution in [0.4, 0.5) is 0 Å². The standard InChI is InChI=1S/C10H20N2/c1-5-7-11-10(9(3)4)12-8-6-2/h3,5-8H2,1-2,4H3,(H,11,12). The first kappa shape index (κ1) is 11.2. The van der Waals surface area contributed by atoms with Crippen molar-refractivity contribution < 1.29 is 0 Å². The summed E-state index contributed by atoms with van der Waals surface area (Å²) in [6, 6.07) is 0. The third kappa shape index (κ3) is 4.94. The van der Waals surface area contributed by atoms with E-state index in [9.17, 15) is 0 Å². The molecule has 70 valence electrons. The molecule has 0 spiro atoms. The lowest BCUT2D eigenvalue weighted by Gasteiger charge is -2.07. The predicted molar refractivity (Wildman–Crippen MR) is 55.7 cm³/mol. The van der Waals surface area contributed by atoms with Gasteiger partial charge in [0.2, 0.25) is 0 Å². The number of hydrogen-bond acceptors (Lipinski definition) is 1. The quantitative estimate of drug-likeness (QED) is 0.494. The highest BCUT2D eigenvalue weighted by molar-refractivity contribution is 5.97. The van der Waals surface area contributed by atoms with Gasteiger partial charge in [0.25, 0.3) is 0 Å². The molecule has 1 N–H and O–H groups in total. The fraction of sp³-hybridized carbons (Fsp3) is 0.700. The number of nitrogens with zero attached hydrogens (tertiary/aromatic N) is 1. The molecule has 0 aromatic carbocycles. The van der Waals surface area contributed by atoms with Gasteiger partial charge in [0.1, 0.15) is 5.84 Å². The predicted octanol–water partition coefficient (Wildman–Crippen LogP) is 2.37. The van der Waals surface area contributed by atoms with Gasteiger partial charge >= 0.3 is 0 Å². The lowest BCUT2D eigenvalue weighted by atomic mass is 10.3. The average molecular weight is 168 g/mol. The normalized spacial score (nSPS) is 11.4. The summed E-state index contributed by atoms with van der Waals surface area (Å²) in [6.45, 7) is 12.0. The lowest BCUT2D eigenvalue weighted by molar-refractivity contribution is 0.825. The number of rotatable bonds is 5. The van der Waals surface area contributed by atoms with Gasteiger partial charge < -0.3 is 5.32 Å². The van der Waals surface area contributed by atoms with Crippen LogP contribution in [-0.2, 0) is 0 Å². The van der Waals surface area contributed by atoms with Gasteiger partial charge in [-0.05, 0) is 25.3 Å². The molecule has 2 heteroatoms. The summed E-state index contributed by atoms with van der Waals surface area (Å²) in [7, 11) is 0. The topological polar surface area (TPSA) is 24.4 Å². The maximum Gasteiger partial charge on any atom is 0.123 e. The first-order chi connectivity index (χ1) is 5.72. The Labute approximate surface area is 75.8 Å². The maximum atomic E-state index is 4.39. The van der Waals surface area contributed by atoms with Crippen LogP contribution in [-0.4, -0.2) is 18.9 Å². The Morgan fingerprint density at radius 3 is 2.42 bits per heavy atom. The summed E-state index contributed by atoms with van der Waals surface area (Å²) >= 11 is 0. The molecule has 0 atom stereocenters. The first-order valence-corrected chi connectivity index (χ1v) is 4.66. The number of hydrogen-bond donors (Lipinski definition) is 1. The first-order valence-electron chi connectivity index (χ1n) is 4.66. The molecule has 0 saturated heterocycles. The summed E-state index contributed by atoms with van der Waals surface area (Å²) in [6.07, 6.45) is 2.21. The van der Waals surface area contributed by atoms with Crippen molar-refractivity contribution in [2.45, 2.75) is 33.6 Å². The number of aliphatic imine (C=N–C) groups is 1. The van der Waals surface area contributed by atoms with E-state index in [1.165, 1.54) is 0 Å². The van der Waals surface area contributed by atoms with Crippen molar-refractivity contribution in [3.8, 4) is 0 Å². The summed E-state index contributed by atoms with van der Waals surface area (Å²) < 4.78 is 0. The van der Waals surface area contributed by atoms with Crippen molar-refractivity contribution in [2.75, 3.05) is 13.1 Å². The summed E-state index contributed by atoms with van der Waals surface area (Å²) in [4.78, 5) is 4.39. The largest absolute Gasteiger partial charge is 0.370 e. The van der Waals surface area contributed by atoms with Gasteiger partial charge in [0, 0.05) is 13.1 Å². The third-order valence-electron chi connectivity index (χ3n) is 1.44. The molecule has 0 aliphatic rings.